The first-order valence-electron chi connectivity index (χ1n) is 4.65. The van der Waals surface area contributed by atoms with Gasteiger partial charge in [0.05, 0.1) is 12.1 Å². The van der Waals surface area contributed by atoms with Crippen LogP contribution in [0.5, 0.6) is 5.75 Å². The van der Waals surface area contributed by atoms with Crippen LogP contribution in [0, 0.1) is 0 Å². The van der Waals surface area contributed by atoms with Gasteiger partial charge in [-0.05, 0) is 35.9 Å². The molecule has 82 valence electrons. The fraction of sp³-hybridized carbons (Fsp3) is 0.0833. The molecule has 0 saturated carbocycles. The third kappa shape index (κ3) is 2.09. The van der Waals surface area contributed by atoms with Crippen molar-refractivity contribution in [2.45, 2.75) is 0 Å². The lowest BCUT2D eigenvalue weighted by molar-refractivity contribution is -0.132. The number of carbonyl (C=O) groups is 1. The number of allylic oxidation sites excluding steroid dienone is 1. The zero-order valence-corrected chi connectivity index (χ0v) is 9.32. The van der Waals surface area contributed by atoms with Gasteiger partial charge in [0, 0.05) is 6.08 Å². The lowest BCUT2D eigenvalue weighted by Crippen LogP contribution is -1.92. The summed E-state index contributed by atoms with van der Waals surface area (Å²) >= 11 is 6.08. The summed E-state index contributed by atoms with van der Waals surface area (Å²) in [5.41, 5.74) is 0.775. The summed E-state index contributed by atoms with van der Waals surface area (Å²) in [4.78, 5) is 10.9. The minimum absolute atomic E-state index is 0.372. The summed E-state index contributed by atoms with van der Waals surface area (Å²) in [6.07, 6.45) is 2.89. The van der Waals surface area contributed by atoms with Gasteiger partial charge in [-0.25, -0.2) is 4.79 Å². The predicted octanol–water partition coefficient (Wildman–Crippen LogP) is 2.72. The lowest BCUT2D eigenvalue weighted by atomic mass is 10.2. The van der Waals surface area contributed by atoms with E-state index in [9.17, 15) is 4.79 Å². The molecule has 2 rings (SSSR count). The predicted molar refractivity (Wildman–Crippen MR) is 61.0 cm³/mol. The van der Waals surface area contributed by atoms with E-state index in [1.54, 1.807) is 37.5 Å². The van der Waals surface area contributed by atoms with Crippen molar-refractivity contribution in [1.82, 2.24) is 0 Å². The van der Waals surface area contributed by atoms with Crippen molar-refractivity contribution in [2.75, 3.05) is 7.11 Å². The minimum Gasteiger partial charge on any atom is -0.497 e. The van der Waals surface area contributed by atoms with Crippen molar-refractivity contribution in [3.05, 3.63) is 47.7 Å². The van der Waals surface area contributed by atoms with Crippen LogP contribution in [0.2, 0.25) is 0 Å². The van der Waals surface area contributed by atoms with E-state index >= 15 is 0 Å². The number of hydrogen-bond donors (Lipinski definition) is 0. The number of hydrogen-bond acceptors (Lipinski definition) is 3. The molecule has 0 bridgehead atoms. The second-order valence-corrected chi connectivity index (χ2v) is 3.54. The molecule has 0 spiro atoms. The number of methoxy groups -OCH3 is 1. The maximum atomic E-state index is 10.9. The smallest absolute Gasteiger partial charge is 0.336 e. The van der Waals surface area contributed by atoms with Gasteiger partial charge in [-0.1, -0.05) is 11.6 Å². The number of ether oxygens (including phenoxy) is 2. The second kappa shape index (κ2) is 4.41. The van der Waals surface area contributed by atoms with Crippen LogP contribution in [-0.2, 0) is 9.53 Å². The van der Waals surface area contributed by atoms with E-state index in [-0.39, 0.29) is 0 Å². The largest absolute Gasteiger partial charge is 0.497 e. The Balaban J connectivity index is 2.30. The zero-order chi connectivity index (χ0) is 11.5. The van der Waals surface area contributed by atoms with Crippen molar-refractivity contribution < 1.29 is 14.3 Å². The summed E-state index contributed by atoms with van der Waals surface area (Å²) < 4.78 is 9.93. The maximum absolute atomic E-state index is 10.9. The molecule has 0 aliphatic carbocycles. The maximum Gasteiger partial charge on any atom is 0.336 e. The van der Waals surface area contributed by atoms with Gasteiger partial charge in [0.2, 0.25) is 0 Å². The van der Waals surface area contributed by atoms with Gasteiger partial charge >= 0.3 is 5.97 Å². The Hall–Kier alpha value is -1.74. The Morgan fingerprint density at radius 1 is 1.25 bits per heavy atom. The van der Waals surface area contributed by atoms with Crippen LogP contribution in [0.4, 0.5) is 0 Å². The van der Waals surface area contributed by atoms with Crippen molar-refractivity contribution in [2.24, 2.45) is 0 Å². The molecular weight excluding hydrogens is 228 g/mol. The monoisotopic (exact) mass is 236 g/mol. The molecule has 1 aromatic rings. The average Bonchev–Trinajstić information content (AvgIpc) is 2.75. The van der Waals surface area contributed by atoms with Crippen LogP contribution in [0.25, 0.3) is 5.03 Å². The Morgan fingerprint density at radius 3 is 2.44 bits per heavy atom. The number of cyclic esters (lactones) is 1. The summed E-state index contributed by atoms with van der Waals surface area (Å²) in [6, 6.07) is 7.18. The van der Waals surface area contributed by atoms with Crippen LogP contribution < -0.4 is 4.74 Å². The number of rotatable bonds is 2. The molecule has 1 heterocycles. The highest BCUT2D eigenvalue weighted by molar-refractivity contribution is 6.49. The molecule has 0 amide bonds. The topological polar surface area (TPSA) is 35.5 Å². The molecule has 0 fully saturated rings. The van der Waals surface area contributed by atoms with Crippen LogP contribution in [-0.4, -0.2) is 13.1 Å². The number of halogens is 1. The van der Waals surface area contributed by atoms with E-state index in [4.69, 9.17) is 21.1 Å². The van der Waals surface area contributed by atoms with E-state index in [0.717, 1.165) is 11.3 Å². The first-order valence-corrected chi connectivity index (χ1v) is 5.02. The standard InChI is InChI=1S/C12H9ClO3/c1-15-9-4-2-8(3-5-9)12(13)10-6-7-11(14)16-10/h2-7H,1H3/b12-10-. The van der Waals surface area contributed by atoms with Crippen molar-refractivity contribution in [3.8, 4) is 5.75 Å². The molecule has 0 unspecified atom stereocenters. The molecule has 1 aromatic carbocycles. The van der Waals surface area contributed by atoms with Gasteiger partial charge < -0.3 is 9.47 Å². The highest BCUT2D eigenvalue weighted by atomic mass is 35.5. The molecule has 0 aromatic heterocycles. The van der Waals surface area contributed by atoms with Crippen LogP contribution in [0.3, 0.4) is 0 Å². The highest BCUT2D eigenvalue weighted by Crippen LogP contribution is 2.28. The molecule has 0 saturated heterocycles. The second-order valence-electron chi connectivity index (χ2n) is 3.16. The molecule has 1 aliphatic heterocycles. The Morgan fingerprint density at radius 2 is 1.94 bits per heavy atom. The molecular formula is C12H9ClO3. The normalized spacial score (nSPS) is 17.2. The Kier molecular flexibility index (Phi) is 2.97. The molecule has 1 aliphatic rings. The lowest BCUT2D eigenvalue weighted by Gasteiger charge is -2.04. The van der Waals surface area contributed by atoms with Crippen molar-refractivity contribution in [3.63, 3.8) is 0 Å². The summed E-state index contributed by atoms with van der Waals surface area (Å²) in [5.74, 6) is 0.718. The van der Waals surface area contributed by atoms with Crippen LogP contribution in [0.1, 0.15) is 5.56 Å². The zero-order valence-electron chi connectivity index (χ0n) is 8.57. The average molecular weight is 237 g/mol. The Labute approximate surface area is 97.9 Å². The van der Waals surface area contributed by atoms with E-state index in [0.29, 0.717) is 10.8 Å². The van der Waals surface area contributed by atoms with Crippen LogP contribution in [0.15, 0.2) is 42.2 Å². The first kappa shape index (κ1) is 10.8. The van der Waals surface area contributed by atoms with Crippen molar-refractivity contribution in [1.29, 1.82) is 0 Å². The third-order valence-electron chi connectivity index (χ3n) is 2.14. The molecule has 4 heteroatoms. The fourth-order valence-electron chi connectivity index (χ4n) is 1.32. The summed E-state index contributed by atoms with van der Waals surface area (Å²) in [5, 5.41) is 0.407. The number of esters is 1. The van der Waals surface area contributed by atoms with E-state index in [1.165, 1.54) is 6.08 Å². The number of benzene rings is 1. The van der Waals surface area contributed by atoms with E-state index in [1.807, 2.05) is 0 Å². The van der Waals surface area contributed by atoms with Gasteiger partial charge in [0.1, 0.15) is 5.75 Å². The summed E-state index contributed by atoms with van der Waals surface area (Å²) in [7, 11) is 1.59. The minimum atomic E-state index is -0.401. The van der Waals surface area contributed by atoms with Gasteiger partial charge in [0.25, 0.3) is 0 Å². The third-order valence-corrected chi connectivity index (χ3v) is 2.55. The van der Waals surface area contributed by atoms with E-state index < -0.39 is 5.97 Å². The molecule has 0 N–H and O–H groups in total. The fourth-order valence-corrected chi connectivity index (χ4v) is 1.55. The molecule has 16 heavy (non-hydrogen) atoms. The Bertz CT molecular complexity index is 472. The molecule has 3 nitrogen and oxygen atoms in total. The van der Waals surface area contributed by atoms with Crippen LogP contribution >= 0.6 is 11.6 Å². The molecule has 0 atom stereocenters. The van der Waals surface area contributed by atoms with E-state index in [2.05, 4.69) is 0 Å². The van der Waals surface area contributed by atoms with Gasteiger partial charge in [0.15, 0.2) is 5.76 Å². The quantitative estimate of drug-likeness (QED) is 0.741. The first-order chi connectivity index (χ1) is 7.70. The SMILES string of the molecule is COc1ccc(/C(Cl)=C2\C=CC(=O)O2)cc1. The van der Waals surface area contributed by atoms with Gasteiger partial charge in [-0.2, -0.15) is 0 Å². The molecule has 0 radical (unpaired) electrons. The van der Waals surface area contributed by atoms with Gasteiger partial charge in [-0.3, -0.25) is 0 Å². The summed E-state index contributed by atoms with van der Waals surface area (Å²) in [6.45, 7) is 0. The van der Waals surface area contributed by atoms with Crippen molar-refractivity contribution >= 4 is 22.6 Å². The highest BCUT2D eigenvalue weighted by Gasteiger charge is 2.14. The van der Waals surface area contributed by atoms with Gasteiger partial charge in [-0.15, -0.1) is 0 Å². The number of carbonyl (C=O) groups excluding carboxylic acids is 1.